The number of benzene rings is 1. The Kier molecular flexibility index (Phi) is 3.25. The molecule has 19 heavy (non-hydrogen) atoms. The third-order valence-electron chi connectivity index (χ3n) is 3.65. The summed E-state index contributed by atoms with van der Waals surface area (Å²) >= 11 is 0. The van der Waals surface area contributed by atoms with Crippen molar-refractivity contribution in [2.24, 2.45) is 0 Å². The Hall–Kier alpha value is -1.81. The molecule has 4 heteroatoms. The molecule has 0 amide bonds. The number of nitrogens with zero attached hydrogens (tertiary/aromatic N) is 1. The van der Waals surface area contributed by atoms with Gasteiger partial charge in [0.2, 0.25) is 0 Å². The van der Waals surface area contributed by atoms with Gasteiger partial charge in [0.1, 0.15) is 11.5 Å². The maximum atomic E-state index is 9.54. The van der Waals surface area contributed by atoms with Gasteiger partial charge in [-0.2, -0.15) is 0 Å². The summed E-state index contributed by atoms with van der Waals surface area (Å²) in [5.74, 6) is 1.19. The molecule has 2 aromatic rings. The first-order valence-corrected chi connectivity index (χ1v) is 6.70. The van der Waals surface area contributed by atoms with Crippen LogP contribution in [0.3, 0.4) is 0 Å². The Morgan fingerprint density at radius 2 is 2.32 bits per heavy atom. The summed E-state index contributed by atoms with van der Waals surface area (Å²) in [5, 5.41) is 17.1. The first-order chi connectivity index (χ1) is 9.22. The third-order valence-corrected chi connectivity index (χ3v) is 3.65. The first-order valence-electron chi connectivity index (χ1n) is 6.70. The van der Waals surface area contributed by atoms with Gasteiger partial charge in [-0.05, 0) is 49.4 Å². The van der Waals surface area contributed by atoms with Crippen molar-refractivity contribution >= 4 is 0 Å². The third kappa shape index (κ3) is 2.63. The molecule has 1 unspecified atom stereocenters. The number of phenols is 1. The zero-order valence-corrected chi connectivity index (χ0v) is 11.0. The minimum Gasteiger partial charge on any atom is -0.508 e. The molecular weight excluding hydrogens is 240 g/mol. The van der Waals surface area contributed by atoms with E-state index in [0.717, 1.165) is 30.7 Å². The molecule has 4 nitrogen and oxygen atoms in total. The highest BCUT2D eigenvalue weighted by atomic mass is 16.5. The van der Waals surface area contributed by atoms with E-state index in [1.807, 2.05) is 25.1 Å². The molecule has 100 valence electrons. The summed E-state index contributed by atoms with van der Waals surface area (Å²) in [5.41, 5.74) is 3.48. The summed E-state index contributed by atoms with van der Waals surface area (Å²) in [4.78, 5) is 0. The lowest BCUT2D eigenvalue weighted by Crippen LogP contribution is -2.24. The minimum absolute atomic E-state index is 0.335. The lowest BCUT2D eigenvalue weighted by Gasteiger charge is -2.26. The van der Waals surface area contributed by atoms with E-state index in [0.29, 0.717) is 18.3 Å². The van der Waals surface area contributed by atoms with Crippen molar-refractivity contribution in [2.75, 3.05) is 0 Å². The fraction of sp³-hybridized carbons (Fsp3) is 0.400. The molecule has 1 aliphatic rings. The smallest absolute Gasteiger partial charge is 0.133 e. The van der Waals surface area contributed by atoms with Gasteiger partial charge in [-0.25, -0.2) is 0 Å². The highest BCUT2D eigenvalue weighted by Crippen LogP contribution is 2.31. The number of aromatic hydroxyl groups is 1. The van der Waals surface area contributed by atoms with Crippen molar-refractivity contribution in [3.63, 3.8) is 0 Å². The summed E-state index contributed by atoms with van der Waals surface area (Å²) in [6.45, 7) is 2.61. The number of nitrogens with one attached hydrogen (secondary N) is 1. The molecule has 0 saturated heterocycles. The molecule has 1 atom stereocenters. The topological polar surface area (TPSA) is 58.3 Å². The van der Waals surface area contributed by atoms with Gasteiger partial charge in [-0.15, -0.1) is 0 Å². The molecule has 2 N–H and O–H groups in total. The number of aromatic nitrogens is 1. The Labute approximate surface area is 112 Å². The van der Waals surface area contributed by atoms with Crippen molar-refractivity contribution in [1.29, 1.82) is 0 Å². The van der Waals surface area contributed by atoms with Crippen LogP contribution in [0.15, 0.2) is 28.8 Å². The highest BCUT2D eigenvalue weighted by Gasteiger charge is 2.20. The molecule has 1 heterocycles. The van der Waals surface area contributed by atoms with E-state index >= 15 is 0 Å². The van der Waals surface area contributed by atoms with Gasteiger partial charge in [-0.1, -0.05) is 11.2 Å². The van der Waals surface area contributed by atoms with Gasteiger partial charge in [-0.3, -0.25) is 0 Å². The van der Waals surface area contributed by atoms with E-state index in [2.05, 4.69) is 10.5 Å². The number of phenolic OH excluding ortho intramolecular Hbond substituents is 1. The number of hydrogen-bond acceptors (Lipinski definition) is 4. The molecule has 0 bridgehead atoms. The first kappa shape index (κ1) is 12.2. The van der Waals surface area contributed by atoms with E-state index in [-0.39, 0.29) is 0 Å². The highest BCUT2D eigenvalue weighted by molar-refractivity contribution is 5.38. The number of fused-ring (bicyclic) bond motifs is 1. The SMILES string of the molecule is Cc1cc(CNC2CCCc3cc(O)ccc32)no1. The number of hydrogen-bond donors (Lipinski definition) is 2. The van der Waals surface area contributed by atoms with E-state index < -0.39 is 0 Å². The summed E-state index contributed by atoms with van der Waals surface area (Å²) < 4.78 is 5.07. The van der Waals surface area contributed by atoms with Gasteiger partial charge >= 0.3 is 0 Å². The van der Waals surface area contributed by atoms with Crippen LogP contribution in [0.25, 0.3) is 0 Å². The second kappa shape index (κ2) is 5.05. The van der Waals surface area contributed by atoms with Gasteiger partial charge in [0, 0.05) is 18.7 Å². The Bertz CT molecular complexity index is 577. The molecule has 0 saturated carbocycles. The number of rotatable bonds is 3. The molecule has 1 aromatic heterocycles. The predicted molar refractivity (Wildman–Crippen MR) is 71.9 cm³/mol. The van der Waals surface area contributed by atoms with Crippen LogP contribution < -0.4 is 5.32 Å². The molecule has 3 rings (SSSR count). The summed E-state index contributed by atoms with van der Waals surface area (Å²) in [7, 11) is 0. The van der Waals surface area contributed by atoms with Crippen LogP contribution >= 0.6 is 0 Å². The van der Waals surface area contributed by atoms with E-state index in [4.69, 9.17) is 4.52 Å². The van der Waals surface area contributed by atoms with Crippen molar-refractivity contribution < 1.29 is 9.63 Å². The Morgan fingerprint density at radius 3 is 3.11 bits per heavy atom. The summed E-state index contributed by atoms with van der Waals surface area (Å²) in [6, 6.07) is 7.95. The zero-order valence-electron chi connectivity index (χ0n) is 11.0. The van der Waals surface area contributed by atoms with E-state index in [1.165, 1.54) is 11.1 Å². The van der Waals surface area contributed by atoms with Gasteiger partial charge < -0.3 is 14.9 Å². The van der Waals surface area contributed by atoms with E-state index in [9.17, 15) is 5.11 Å². The maximum absolute atomic E-state index is 9.54. The van der Waals surface area contributed by atoms with Crippen LogP contribution in [0, 0.1) is 6.92 Å². The average molecular weight is 258 g/mol. The second-order valence-electron chi connectivity index (χ2n) is 5.14. The lowest BCUT2D eigenvalue weighted by molar-refractivity contribution is 0.382. The predicted octanol–water partition coefficient (Wildman–Crippen LogP) is 2.86. The van der Waals surface area contributed by atoms with Gasteiger partial charge in [0.05, 0.1) is 5.69 Å². The van der Waals surface area contributed by atoms with Crippen LogP contribution in [-0.2, 0) is 13.0 Å². The largest absolute Gasteiger partial charge is 0.508 e. The normalized spacial score (nSPS) is 18.3. The fourth-order valence-corrected chi connectivity index (χ4v) is 2.74. The molecule has 0 spiro atoms. The molecule has 0 aliphatic heterocycles. The second-order valence-corrected chi connectivity index (χ2v) is 5.14. The van der Waals surface area contributed by atoms with Crippen LogP contribution in [0.5, 0.6) is 5.75 Å². The van der Waals surface area contributed by atoms with Crippen LogP contribution in [0.2, 0.25) is 0 Å². The Morgan fingerprint density at radius 1 is 1.42 bits per heavy atom. The summed E-state index contributed by atoms with van der Waals surface area (Å²) in [6.07, 6.45) is 3.31. The monoisotopic (exact) mass is 258 g/mol. The van der Waals surface area contributed by atoms with Crippen LogP contribution in [0.4, 0.5) is 0 Å². The van der Waals surface area contributed by atoms with Gasteiger partial charge in [0.25, 0.3) is 0 Å². The fourth-order valence-electron chi connectivity index (χ4n) is 2.74. The van der Waals surface area contributed by atoms with Crippen LogP contribution in [0.1, 0.15) is 41.5 Å². The molecule has 1 aliphatic carbocycles. The average Bonchev–Trinajstić information content (AvgIpc) is 2.81. The Balaban J connectivity index is 1.73. The quantitative estimate of drug-likeness (QED) is 0.888. The standard InChI is InChI=1S/C15H18N2O2/c1-10-7-12(17-19-10)9-16-15-4-2-3-11-8-13(18)5-6-14(11)15/h5-8,15-16,18H,2-4,9H2,1H3. The van der Waals surface area contributed by atoms with Crippen molar-refractivity contribution in [1.82, 2.24) is 10.5 Å². The van der Waals surface area contributed by atoms with Crippen molar-refractivity contribution in [3.05, 3.63) is 46.8 Å². The molecule has 0 fully saturated rings. The number of aryl methyl sites for hydroxylation is 2. The van der Waals surface area contributed by atoms with Crippen molar-refractivity contribution in [3.8, 4) is 5.75 Å². The van der Waals surface area contributed by atoms with Crippen molar-refractivity contribution in [2.45, 2.75) is 38.8 Å². The van der Waals surface area contributed by atoms with Crippen LogP contribution in [-0.4, -0.2) is 10.3 Å². The van der Waals surface area contributed by atoms with Gasteiger partial charge in [0.15, 0.2) is 0 Å². The lowest BCUT2D eigenvalue weighted by atomic mass is 9.87. The minimum atomic E-state index is 0.335. The molecule has 0 radical (unpaired) electrons. The van der Waals surface area contributed by atoms with E-state index in [1.54, 1.807) is 6.07 Å². The zero-order chi connectivity index (χ0) is 13.2. The molecule has 1 aromatic carbocycles. The maximum Gasteiger partial charge on any atom is 0.133 e. The molecular formula is C15H18N2O2.